The lowest BCUT2D eigenvalue weighted by atomic mass is 10.2. The van der Waals surface area contributed by atoms with Crippen molar-refractivity contribution in [2.24, 2.45) is 0 Å². The Hall–Kier alpha value is -1.82. The van der Waals surface area contributed by atoms with Gasteiger partial charge in [-0.2, -0.15) is 0 Å². The van der Waals surface area contributed by atoms with Gasteiger partial charge in [-0.1, -0.05) is 0 Å². The predicted molar refractivity (Wildman–Crippen MR) is 81.6 cm³/mol. The highest BCUT2D eigenvalue weighted by Gasteiger charge is 2.29. The molecule has 0 saturated carbocycles. The highest BCUT2D eigenvalue weighted by Crippen LogP contribution is 2.44. The standard InChI is InChI=1S/C10H9NO2S.C5H10O2/c1-6-10-8-4-3-7(14(2,12)13)5-9(8)11(6)10;1-5(2,3)7-4-6/h3-5H,1-2H3;4H,1-3H3. The molecule has 2 aliphatic heterocycles. The van der Waals surface area contributed by atoms with Crippen molar-refractivity contribution in [3.8, 4) is 5.69 Å². The maximum Gasteiger partial charge on any atom is 0.293 e. The second-order valence-electron chi connectivity index (χ2n) is 6.05. The van der Waals surface area contributed by atoms with Crippen LogP contribution in [0.25, 0.3) is 16.6 Å². The molecule has 0 radical (unpaired) electrons. The van der Waals surface area contributed by atoms with Gasteiger partial charge in [0.25, 0.3) is 6.47 Å². The van der Waals surface area contributed by atoms with Crippen molar-refractivity contribution in [3.63, 3.8) is 0 Å². The van der Waals surface area contributed by atoms with Gasteiger partial charge >= 0.3 is 0 Å². The van der Waals surface area contributed by atoms with E-state index in [1.807, 2.05) is 33.8 Å². The third-order valence-electron chi connectivity index (χ3n) is 3.15. The first-order valence-electron chi connectivity index (χ1n) is 6.53. The van der Waals surface area contributed by atoms with E-state index in [9.17, 15) is 13.2 Å². The summed E-state index contributed by atoms with van der Waals surface area (Å²) in [6, 6.07) is 5.29. The topological polar surface area (TPSA) is 65.4 Å². The molecule has 0 spiro atoms. The number of rotatable bonds is 2. The molecule has 0 aromatic heterocycles. The summed E-state index contributed by atoms with van der Waals surface area (Å²) in [4.78, 5) is 10.00. The van der Waals surface area contributed by atoms with Gasteiger partial charge in [-0.3, -0.25) is 4.79 Å². The highest BCUT2D eigenvalue weighted by molar-refractivity contribution is 7.90. The summed E-state index contributed by atoms with van der Waals surface area (Å²) in [5.74, 6) is 0. The van der Waals surface area contributed by atoms with E-state index in [0.717, 1.165) is 5.52 Å². The van der Waals surface area contributed by atoms with Crippen molar-refractivity contribution in [3.05, 3.63) is 23.9 Å². The molecule has 0 atom stereocenters. The molecule has 1 aromatic rings. The number of aryl methyl sites for hydroxylation is 1. The summed E-state index contributed by atoms with van der Waals surface area (Å²) >= 11 is 0. The molecular weight excluding hydrogens is 290 g/mol. The molecule has 0 saturated heterocycles. The lowest BCUT2D eigenvalue weighted by molar-refractivity contribution is -0.138. The average Bonchev–Trinajstić information content (AvgIpc) is 2.87. The molecule has 21 heavy (non-hydrogen) atoms. The molecular formula is C15H19NO4S. The van der Waals surface area contributed by atoms with Crippen LogP contribution in [0.4, 0.5) is 0 Å². The van der Waals surface area contributed by atoms with E-state index in [1.54, 1.807) is 12.1 Å². The Morgan fingerprint density at radius 1 is 1.24 bits per heavy atom. The Bertz CT molecular complexity index is 810. The number of benzene rings is 1. The summed E-state index contributed by atoms with van der Waals surface area (Å²) in [7, 11) is -3.08. The van der Waals surface area contributed by atoms with Crippen molar-refractivity contribution in [2.45, 2.75) is 38.2 Å². The van der Waals surface area contributed by atoms with Crippen LogP contribution in [-0.2, 0) is 19.4 Å². The number of carbonyl (C=O) groups is 1. The van der Waals surface area contributed by atoms with E-state index in [1.165, 1.54) is 23.0 Å². The number of nitrogens with zero attached hydrogens (tertiary/aromatic N) is 1. The number of hydrogen-bond acceptors (Lipinski definition) is 4. The van der Waals surface area contributed by atoms with E-state index in [-0.39, 0.29) is 5.60 Å². The van der Waals surface area contributed by atoms with Gasteiger partial charge in [-0.15, -0.1) is 0 Å². The number of ether oxygens (including phenoxy) is 1. The fraction of sp³-hybridized carbons (Fsp3) is 0.400. The van der Waals surface area contributed by atoms with E-state index in [2.05, 4.69) is 9.30 Å². The fourth-order valence-electron chi connectivity index (χ4n) is 2.08. The maximum absolute atomic E-state index is 11.3. The van der Waals surface area contributed by atoms with Crippen LogP contribution in [0.3, 0.4) is 0 Å². The van der Waals surface area contributed by atoms with Crippen molar-refractivity contribution in [1.29, 1.82) is 0 Å². The Labute approximate surface area is 124 Å². The molecule has 0 N–H and O–H groups in total. The van der Waals surface area contributed by atoms with Crippen LogP contribution >= 0.6 is 0 Å². The van der Waals surface area contributed by atoms with Gasteiger partial charge in [0.1, 0.15) is 5.60 Å². The quantitative estimate of drug-likeness (QED) is 0.683. The van der Waals surface area contributed by atoms with Gasteiger partial charge in [0.05, 0.1) is 16.1 Å². The minimum absolute atomic E-state index is 0.318. The predicted octanol–water partition coefficient (Wildman–Crippen LogP) is 2.61. The second kappa shape index (κ2) is 4.87. The van der Waals surface area contributed by atoms with Crippen LogP contribution in [0.15, 0.2) is 23.1 Å². The molecule has 2 aliphatic rings. The largest absolute Gasteiger partial charge is 0.462 e. The highest BCUT2D eigenvalue weighted by atomic mass is 32.2. The van der Waals surface area contributed by atoms with Crippen LogP contribution < -0.4 is 0 Å². The number of hydrogen-bond donors (Lipinski definition) is 0. The monoisotopic (exact) mass is 309 g/mol. The van der Waals surface area contributed by atoms with E-state index >= 15 is 0 Å². The number of sulfone groups is 1. The first-order valence-corrected chi connectivity index (χ1v) is 8.42. The van der Waals surface area contributed by atoms with Gasteiger partial charge in [0.2, 0.25) is 0 Å². The van der Waals surface area contributed by atoms with Crippen LogP contribution in [0, 0.1) is 6.92 Å². The molecule has 6 heteroatoms. The Kier molecular flexibility index (Phi) is 3.61. The molecule has 3 rings (SSSR count). The van der Waals surface area contributed by atoms with E-state index < -0.39 is 9.84 Å². The smallest absolute Gasteiger partial charge is 0.293 e. The van der Waals surface area contributed by atoms with E-state index in [0.29, 0.717) is 11.4 Å². The molecule has 2 heterocycles. The Morgan fingerprint density at radius 3 is 2.29 bits per heavy atom. The summed E-state index contributed by atoms with van der Waals surface area (Å²) in [5.41, 5.74) is 3.22. The van der Waals surface area contributed by atoms with Gasteiger partial charge < -0.3 is 9.30 Å². The third-order valence-corrected chi connectivity index (χ3v) is 4.26. The summed E-state index contributed by atoms with van der Waals surface area (Å²) in [6.45, 7) is 7.96. The number of aromatic nitrogens is 1. The van der Waals surface area contributed by atoms with Gasteiger partial charge in [-0.05, 0) is 45.9 Å². The van der Waals surface area contributed by atoms with Crippen LogP contribution in [0.5, 0.6) is 0 Å². The summed E-state index contributed by atoms with van der Waals surface area (Å²) in [6.07, 6.45) is 1.23. The first kappa shape index (κ1) is 15.6. The normalized spacial score (nSPS) is 12.6. The molecule has 0 fully saturated rings. The van der Waals surface area contributed by atoms with E-state index in [4.69, 9.17) is 0 Å². The van der Waals surface area contributed by atoms with Gasteiger partial charge in [0.15, 0.2) is 9.84 Å². The maximum atomic E-state index is 11.3. The summed E-state index contributed by atoms with van der Waals surface area (Å²) in [5, 5.41) is 1.18. The molecule has 0 aliphatic carbocycles. The zero-order valence-corrected chi connectivity index (χ0v) is 13.6. The Balaban J connectivity index is 0.000000199. The lowest BCUT2D eigenvalue weighted by Crippen LogP contribution is -2.17. The minimum atomic E-state index is -3.08. The summed E-state index contributed by atoms with van der Waals surface area (Å²) < 4.78 is 29.2. The van der Waals surface area contributed by atoms with Gasteiger partial charge in [0, 0.05) is 17.3 Å². The SMILES string of the molecule is CC(C)(C)OC=O.Cc1c2c3ccc(S(C)(=O)=O)cc3n1-2. The fourth-order valence-corrected chi connectivity index (χ4v) is 2.72. The first-order chi connectivity index (χ1) is 9.56. The minimum Gasteiger partial charge on any atom is -0.462 e. The molecule has 1 aromatic carbocycles. The number of carbonyl (C=O) groups excluding carboxylic acids is 1. The average molecular weight is 309 g/mol. The third kappa shape index (κ3) is 3.10. The molecule has 0 amide bonds. The molecule has 0 bridgehead atoms. The van der Waals surface area contributed by atoms with Crippen molar-refractivity contribution >= 4 is 27.2 Å². The second-order valence-corrected chi connectivity index (χ2v) is 8.06. The van der Waals surface area contributed by atoms with Gasteiger partial charge in [-0.25, -0.2) is 8.42 Å². The lowest BCUT2D eigenvalue weighted by Gasteiger charge is -2.14. The Morgan fingerprint density at radius 2 is 1.86 bits per heavy atom. The van der Waals surface area contributed by atoms with Crippen LogP contribution in [0.1, 0.15) is 26.5 Å². The van der Waals surface area contributed by atoms with Crippen molar-refractivity contribution in [2.75, 3.05) is 6.26 Å². The molecule has 114 valence electrons. The molecule has 5 nitrogen and oxygen atoms in total. The van der Waals surface area contributed by atoms with Crippen LogP contribution in [0.2, 0.25) is 0 Å². The van der Waals surface area contributed by atoms with Crippen molar-refractivity contribution < 1.29 is 17.9 Å². The molecule has 0 unspecified atom stereocenters. The zero-order valence-electron chi connectivity index (χ0n) is 12.8. The number of fused-ring (bicyclic) bond motifs is 4. The zero-order chi connectivity index (χ0) is 16.0. The van der Waals surface area contributed by atoms with Crippen LogP contribution in [-0.4, -0.2) is 31.3 Å². The van der Waals surface area contributed by atoms with Crippen molar-refractivity contribution in [1.82, 2.24) is 4.57 Å².